The van der Waals surface area contributed by atoms with Gasteiger partial charge in [-0.15, -0.1) is 24.8 Å². The van der Waals surface area contributed by atoms with Crippen LogP contribution in [0.5, 0.6) is 0 Å². The lowest BCUT2D eigenvalue weighted by molar-refractivity contribution is 0.0917. The zero-order chi connectivity index (χ0) is 18.7. The topological polar surface area (TPSA) is 85.8 Å². The average molecular weight is 430 g/mol. The molecule has 2 aromatic heterocycles. The number of fused-ring (bicyclic) bond motifs is 1. The zero-order valence-corrected chi connectivity index (χ0v) is 18.6. The van der Waals surface area contributed by atoms with Crippen LogP contribution in [-0.4, -0.2) is 33.3 Å². The van der Waals surface area contributed by atoms with E-state index in [1.54, 1.807) is 6.20 Å². The van der Waals surface area contributed by atoms with E-state index in [-0.39, 0.29) is 42.8 Å². The molecule has 1 amide bonds. The molecule has 2 unspecified atom stereocenters. The van der Waals surface area contributed by atoms with Crippen molar-refractivity contribution >= 4 is 41.8 Å². The van der Waals surface area contributed by atoms with Crippen LogP contribution in [0.1, 0.15) is 74.5 Å². The fraction of sp³-hybridized carbons (Fsp3) is 0.650. The largest absolute Gasteiger partial charge is 0.348 e. The first-order valence-corrected chi connectivity index (χ1v) is 9.91. The molecule has 0 aliphatic heterocycles. The first-order valence-electron chi connectivity index (χ1n) is 9.91. The zero-order valence-electron chi connectivity index (χ0n) is 17.0. The number of amides is 1. The third kappa shape index (κ3) is 5.16. The molecule has 3 N–H and O–H groups in total. The fourth-order valence-corrected chi connectivity index (χ4v) is 3.98. The van der Waals surface area contributed by atoms with Gasteiger partial charge in [0.2, 0.25) is 0 Å². The number of nitrogens with one attached hydrogen (secondary N) is 1. The van der Waals surface area contributed by atoms with Gasteiger partial charge in [0.1, 0.15) is 0 Å². The number of rotatable bonds is 6. The monoisotopic (exact) mass is 429 g/mol. The quantitative estimate of drug-likeness (QED) is 0.720. The van der Waals surface area contributed by atoms with Gasteiger partial charge < -0.3 is 11.1 Å². The second-order valence-electron chi connectivity index (χ2n) is 7.61. The maximum Gasteiger partial charge on any atom is 0.252 e. The van der Waals surface area contributed by atoms with Crippen LogP contribution in [-0.2, 0) is 0 Å². The minimum absolute atomic E-state index is 0. The first-order chi connectivity index (χ1) is 12.5. The molecule has 1 fully saturated rings. The third-order valence-corrected chi connectivity index (χ3v) is 5.74. The molecule has 2 heterocycles. The summed E-state index contributed by atoms with van der Waals surface area (Å²) in [5.74, 6) is 0.421. The number of pyridine rings is 1. The maximum atomic E-state index is 13.0. The highest BCUT2D eigenvalue weighted by molar-refractivity contribution is 6.05. The number of hydrogen-bond acceptors (Lipinski definition) is 4. The maximum absolute atomic E-state index is 13.0. The van der Waals surface area contributed by atoms with Gasteiger partial charge in [-0.1, -0.05) is 26.2 Å². The summed E-state index contributed by atoms with van der Waals surface area (Å²) >= 11 is 0. The number of halogens is 2. The Labute approximate surface area is 179 Å². The van der Waals surface area contributed by atoms with Crippen molar-refractivity contribution < 1.29 is 4.79 Å². The minimum atomic E-state index is -0.0646. The standard InChI is InChI=1S/C20H31N5O.2ClH/c1-4-14(3)25-19-17(12-22-25)16(10-13(2)23-19)20(26)24-18(11-21)15-8-6-5-7-9-15;;/h10,12,14-15,18H,4-9,11,21H2,1-3H3,(H,24,26);2*1H. The van der Waals surface area contributed by atoms with Crippen molar-refractivity contribution in [3.05, 3.63) is 23.5 Å². The van der Waals surface area contributed by atoms with E-state index in [1.165, 1.54) is 19.3 Å². The van der Waals surface area contributed by atoms with E-state index < -0.39 is 0 Å². The molecular weight excluding hydrogens is 397 g/mol. The van der Waals surface area contributed by atoms with Gasteiger partial charge in [-0.05, 0) is 45.1 Å². The van der Waals surface area contributed by atoms with Gasteiger partial charge in [-0.25, -0.2) is 9.67 Å². The normalized spacial score (nSPS) is 16.7. The van der Waals surface area contributed by atoms with Crippen molar-refractivity contribution in [2.24, 2.45) is 11.7 Å². The van der Waals surface area contributed by atoms with Crippen LogP contribution < -0.4 is 11.1 Å². The van der Waals surface area contributed by atoms with Gasteiger partial charge >= 0.3 is 0 Å². The highest BCUT2D eigenvalue weighted by Crippen LogP contribution is 2.27. The summed E-state index contributed by atoms with van der Waals surface area (Å²) in [7, 11) is 0. The van der Waals surface area contributed by atoms with Crippen LogP contribution in [0.2, 0.25) is 0 Å². The molecule has 0 radical (unpaired) electrons. The van der Waals surface area contributed by atoms with E-state index in [0.717, 1.165) is 36.0 Å². The van der Waals surface area contributed by atoms with Gasteiger partial charge in [0.15, 0.2) is 5.65 Å². The van der Waals surface area contributed by atoms with Gasteiger partial charge in [0.25, 0.3) is 5.91 Å². The Bertz CT molecular complexity index is 773. The third-order valence-electron chi connectivity index (χ3n) is 5.74. The Hall–Kier alpha value is -1.37. The molecule has 2 atom stereocenters. The lowest BCUT2D eigenvalue weighted by Crippen LogP contribution is -2.46. The average Bonchev–Trinajstić information content (AvgIpc) is 3.08. The summed E-state index contributed by atoms with van der Waals surface area (Å²) in [5, 5.41) is 8.50. The van der Waals surface area contributed by atoms with Crippen molar-refractivity contribution in [3.63, 3.8) is 0 Å². The predicted octanol–water partition coefficient (Wildman–Crippen LogP) is 4.19. The number of hydrogen-bond donors (Lipinski definition) is 2. The van der Waals surface area contributed by atoms with E-state index in [0.29, 0.717) is 18.0 Å². The van der Waals surface area contributed by atoms with Crippen molar-refractivity contribution in [2.45, 2.75) is 71.4 Å². The van der Waals surface area contributed by atoms with E-state index in [1.807, 2.05) is 17.7 Å². The summed E-state index contributed by atoms with van der Waals surface area (Å²) in [5.41, 5.74) is 8.25. The molecule has 0 spiro atoms. The molecule has 3 rings (SSSR count). The van der Waals surface area contributed by atoms with E-state index in [4.69, 9.17) is 5.73 Å². The lowest BCUT2D eigenvalue weighted by Gasteiger charge is -2.30. The molecule has 0 bridgehead atoms. The first kappa shape index (κ1) is 24.7. The van der Waals surface area contributed by atoms with Crippen molar-refractivity contribution in [2.75, 3.05) is 6.54 Å². The summed E-state index contributed by atoms with van der Waals surface area (Å²) < 4.78 is 1.92. The number of carbonyl (C=O) groups excluding carboxylic acids is 1. The molecule has 0 saturated heterocycles. The van der Waals surface area contributed by atoms with E-state index in [9.17, 15) is 4.79 Å². The van der Waals surface area contributed by atoms with Crippen LogP contribution in [0.15, 0.2) is 12.3 Å². The van der Waals surface area contributed by atoms with Crippen LogP contribution in [0.25, 0.3) is 11.0 Å². The second kappa shape index (κ2) is 11.0. The number of aromatic nitrogens is 3. The SMILES string of the molecule is CCC(C)n1ncc2c(C(=O)NC(CN)C3CCCCC3)cc(C)nc21.Cl.Cl. The molecule has 158 valence electrons. The minimum Gasteiger partial charge on any atom is -0.348 e. The van der Waals surface area contributed by atoms with Gasteiger partial charge in [-0.3, -0.25) is 4.79 Å². The van der Waals surface area contributed by atoms with Gasteiger partial charge in [-0.2, -0.15) is 5.10 Å². The second-order valence-corrected chi connectivity index (χ2v) is 7.61. The van der Waals surface area contributed by atoms with Crippen molar-refractivity contribution in [1.29, 1.82) is 0 Å². The molecule has 6 nitrogen and oxygen atoms in total. The molecule has 28 heavy (non-hydrogen) atoms. The predicted molar refractivity (Wildman–Crippen MR) is 119 cm³/mol. The Balaban J connectivity index is 0.00000196. The number of aryl methyl sites for hydroxylation is 1. The number of carbonyl (C=O) groups is 1. The smallest absolute Gasteiger partial charge is 0.252 e. The van der Waals surface area contributed by atoms with E-state index in [2.05, 4.69) is 29.2 Å². The molecular formula is C20H33Cl2N5O. The highest BCUT2D eigenvalue weighted by atomic mass is 35.5. The van der Waals surface area contributed by atoms with Gasteiger partial charge in [0, 0.05) is 18.3 Å². The Morgan fingerprint density at radius 1 is 1.32 bits per heavy atom. The molecule has 0 aromatic carbocycles. The summed E-state index contributed by atoms with van der Waals surface area (Å²) in [6.07, 6.45) is 8.79. The molecule has 1 saturated carbocycles. The summed E-state index contributed by atoms with van der Waals surface area (Å²) in [6.45, 7) is 6.64. The molecule has 1 aliphatic rings. The lowest BCUT2D eigenvalue weighted by atomic mass is 9.84. The van der Waals surface area contributed by atoms with Crippen LogP contribution >= 0.6 is 24.8 Å². The van der Waals surface area contributed by atoms with Crippen LogP contribution in [0, 0.1) is 12.8 Å². The summed E-state index contributed by atoms with van der Waals surface area (Å²) in [6, 6.07) is 2.14. The summed E-state index contributed by atoms with van der Waals surface area (Å²) in [4.78, 5) is 17.7. The Morgan fingerprint density at radius 3 is 2.61 bits per heavy atom. The van der Waals surface area contributed by atoms with E-state index >= 15 is 0 Å². The molecule has 1 aliphatic carbocycles. The number of nitrogens with two attached hydrogens (primary N) is 1. The van der Waals surface area contributed by atoms with Gasteiger partial charge in [0.05, 0.1) is 23.2 Å². The number of nitrogens with zero attached hydrogens (tertiary/aromatic N) is 3. The van der Waals surface area contributed by atoms with Crippen molar-refractivity contribution in [1.82, 2.24) is 20.1 Å². The van der Waals surface area contributed by atoms with Crippen molar-refractivity contribution in [3.8, 4) is 0 Å². The molecule has 2 aromatic rings. The molecule has 8 heteroatoms. The highest BCUT2D eigenvalue weighted by Gasteiger charge is 2.26. The Morgan fingerprint density at radius 2 is 2.00 bits per heavy atom. The van der Waals surface area contributed by atoms with Crippen LogP contribution in [0.3, 0.4) is 0 Å². The Kier molecular flexibility index (Phi) is 9.67. The van der Waals surface area contributed by atoms with Crippen LogP contribution in [0.4, 0.5) is 0 Å². The fourth-order valence-electron chi connectivity index (χ4n) is 3.98.